The monoisotopic (exact) mass is 422 g/mol. The van der Waals surface area contributed by atoms with Crippen molar-refractivity contribution < 1.29 is 27.5 Å². The third-order valence-corrected chi connectivity index (χ3v) is 6.44. The maximum absolute atomic E-state index is 12.7. The van der Waals surface area contributed by atoms with Gasteiger partial charge in [-0.05, 0) is 31.0 Å². The van der Waals surface area contributed by atoms with Gasteiger partial charge in [-0.15, -0.1) is 0 Å². The molecule has 2 amide bonds. The van der Waals surface area contributed by atoms with Gasteiger partial charge in [0.15, 0.2) is 6.61 Å². The van der Waals surface area contributed by atoms with E-state index in [0.717, 1.165) is 19.3 Å². The van der Waals surface area contributed by atoms with Gasteiger partial charge in [0.2, 0.25) is 15.9 Å². The Labute approximate surface area is 168 Å². The summed E-state index contributed by atoms with van der Waals surface area (Å²) in [4.78, 5) is 35.0. The van der Waals surface area contributed by atoms with Crippen LogP contribution in [0.4, 0.5) is 5.69 Å². The zero-order valence-corrected chi connectivity index (χ0v) is 16.5. The maximum atomic E-state index is 12.7. The highest BCUT2D eigenvalue weighted by atomic mass is 32.2. The van der Waals surface area contributed by atoms with Crippen molar-refractivity contribution in [1.29, 1.82) is 0 Å². The van der Waals surface area contributed by atoms with Crippen molar-refractivity contribution in [2.75, 3.05) is 25.0 Å². The van der Waals surface area contributed by atoms with Gasteiger partial charge in [0.25, 0.3) is 5.91 Å². The third-order valence-electron chi connectivity index (χ3n) is 4.55. The minimum atomic E-state index is -3.62. The lowest BCUT2D eigenvalue weighted by atomic mass is 10.2. The molecule has 0 spiro atoms. The molecule has 0 radical (unpaired) electrons. The van der Waals surface area contributed by atoms with E-state index in [1.807, 2.05) is 0 Å². The summed E-state index contributed by atoms with van der Waals surface area (Å²) in [5.74, 6) is -1.70. The summed E-state index contributed by atoms with van der Waals surface area (Å²) in [6.45, 7) is 0.410. The molecule has 3 rings (SSSR count). The number of carbonyl (C=O) groups excluding carboxylic acids is 3. The molecule has 0 unspecified atom stereocenters. The number of ether oxygens (including phenoxy) is 1. The molecule has 0 aromatic heterocycles. The summed E-state index contributed by atoms with van der Waals surface area (Å²) in [5.41, 5.74) is 2.49. The summed E-state index contributed by atoms with van der Waals surface area (Å²) < 4.78 is 31.8. The molecule has 0 bridgehead atoms. The average molecular weight is 422 g/mol. The van der Waals surface area contributed by atoms with Crippen LogP contribution in [0.1, 0.15) is 32.1 Å². The van der Waals surface area contributed by atoms with E-state index >= 15 is 0 Å². The number of sulfonamides is 1. The molecule has 2 aliphatic heterocycles. The van der Waals surface area contributed by atoms with Crippen molar-refractivity contribution in [3.63, 3.8) is 0 Å². The zero-order valence-electron chi connectivity index (χ0n) is 15.7. The van der Waals surface area contributed by atoms with Crippen LogP contribution in [0.2, 0.25) is 0 Å². The Bertz CT molecular complexity index is 937. The van der Waals surface area contributed by atoms with Crippen molar-refractivity contribution in [3.05, 3.63) is 24.3 Å². The highest BCUT2D eigenvalue weighted by Crippen LogP contribution is 2.22. The number of nitrogens with zero attached hydrogens (tertiary/aromatic N) is 2. The third kappa shape index (κ3) is 5.39. The smallest absolute Gasteiger partial charge is 0.355 e. The van der Waals surface area contributed by atoms with Crippen molar-refractivity contribution in [2.24, 2.45) is 5.10 Å². The van der Waals surface area contributed by atoms with Crippen LogP contribution in [0.15, 0.2) is 34.3 Å². The quantitative estimate of drug-likeness (QED) is 0.645. The topological polar surface area (TPSA) is 134 Å². The summed E-state index contributed by atoms with van der Waals surface area (Å²) in [5, 5.41) is 6.11. The Morgan fingerprint density at radius 2 is 1.93 bits per heavy atom. The van der Waals surface area contributed by atoms with Crippen LogP contribution in [-0.4, -0.2) is 55.9 Å². The van der Waals surface area contributed by atoms with Crippen LogP contribution >= 0.6 is 0 Å². The largest absolute Gasteiger partial charge is 0.451 e. The molecule has 1 aromatic rings. The molecule has 1 fully saturated rings. The molecule has 1 saturated heterocycles. The fourth-order valence-electron chi connectivity index (χ4n) is 3.02. The predicted molar refractivity (Wildman–Crippen MR) is 103 cm³/mol. The van der Waals surface area contributed by atoms with Gasteiger partial charge in [0, 0.05) is 31.6 Å². The van der Waals surface area contributed by atoms with E-state index in [0.29, 0.717) is 13.1 Å². The fourth-order valence-corrected chi connectivity index (χ4v) is 4.58. The summed E-state index contributed by atoms with van der Waals surface area (Å²) in [6, 6.07) is 5.95. The Hall–Kier alpha value is -2.79. The van der Waals surface area contributed by atoms with Crippen molar-refractivity contribution in [2.45, 2.75) is 37.0 Å². The van der Waals surface area contributed by atoms with Crippen LogP contribution in [-0.2, 0) is 29.1 Å². The lowest BCUT2D eigenvalue weighted by molar-refractivity contribution is -0.140. The minimum absolute atomic E-state index is 0.0343. The molecule has 156 valence electrons. The van der Waals surface area contributed by atoms with Gasteiger partial charge >= 0.3 is 5.97 Å². The average Bonchev–Trinajstić information content (AvgIpc) is 2.73. The van der Waals surface area contributed by atoms with Gasteiger partial charge in [-0.25, -0.2) is 18.6 Å². The molecule has 0 atom stereocenters. The lowest BCUT2D eigenvalue weighted by Gasteiger charge is -2.26. The van der Waals surface area contributed by atoms with Gasteiger partial charge in [-0.1, -0.05) is 12.5 Å². The lowest BCUT2D eigenvalue weighted by Crippen LogP contribution is -2.35. The van der Waals surface area contributed by atoms with Crippen molar-refractivity contribution in [1.82, 2.24) is 9.73 Å². The van der Waals surface area contributed by atoms with E-state index in [2.05, 4.69) is 15.8 Å². The standard InChI is InChI=1S/C18H22N4O6S/c23-16-8-7-15(20-21-16)18(25)28-12-17(24)19-13-5-4-6-14(11-13)29(26,27)22-9-2-1-3-10-22/h4-6,11H,1-3,7-10,12H2,(H,19,24)(H,21,23). The molecule has 2 heterocycles. The first-order chi connectivity index (χ1) is 13.9. The number of hydrogen-bond donors (Lipinski definition) is 2. The van der Waals surface area contributed by atoms with E-state index in [4.69, 9.17) is 4.74 Å². The first-order valence-corrected chi connectivity index (χ1v) is 10.7. The summed E-state index contributed by atoms with van der Waals surface area (Å²) in [6.07, 6.45) is 2.94. The Morgan fingerprint density at radius 1 is 1.17 bits per heavy atom. The molecule has 1 aromatic carbocycles. The minimum Gasteiger partial charge on any atom is -0.451 e. The van der Waals surface area contributed by atoms with Gasteiger partial charge < -0.3 is 10.1 Å². The first-order valence-electron chi connectivity index (χ1n) is 9.29. The van der Waals surface area contributed by atoms with E-state index in [1.54, 1.807) is 6.07 Å². The Balaban J connectivity index is 1.57. The van der Waals surface area contributed by atoms with Gasteiger partial charge in [-0.2, -0.15) is 9.41 Å². The van der Waals surface area contributed by atoms with E-state index in [9.17, 15) is 22.8 Å². The molecular formula is C18H22N4O6S. The van der Waals surface area contributed by atoms with Crippen LogP contribution < -0.4 is 10.7 Å². The van der Waals surface area contributed by atoms with E-state index in [1.165, 1.54) is 22.5 Å². The first kappa shape index (κ1) is 20.9. The highest BCUT2D eigenvalue weighted by Gasteiger charge is 2.26. The number of nitrogens with one attached hydrogen (secondary N) is 2. The molecule has 0 saturated carbocycles. The number of amides is 2. The maximum Gasteiger partial charge on any atom is 0.355 e. The highest BCUT2D eigenvalue weighted by molar-refractivity contribution is 7.89. The molecule has 0 aliphatic carbocycles. The molecule has 2 aliphatic rings. The normalized spacial score (nSPS) is 17.8. The van der Waals surface area contributed by atoms with Gasteiger partial charge in [0.1, 0.15) is 5.71 Å². The SMILES string of the molecule is O=C1CCC(C(=O)OCC(=O)Nc2cccc(S(=O)(=O)N3CCCCC3)c2)=NN1. The molecule has 11 heteroatoms. The van der Waals surface area contributed by atoms with Crippen LogP contribution in [0.5, 0.6) is 0 Å². The number of hydrogen-bond acceptors (Lipinski definition) is 7. The molecule has 2 N–H and O–H groups in total. The van der Waals surface area contributed by atoms with Crippen LogP contribution in [0.25, 0.3) is 0 Å². The second-order valence-electron chi connectivity index (χ2n) is 6.71. The fraction of sp³-hybridized carbons (Fsp3) is 0.444. The number of benzene rings is 1. The zero-order chi connectivity index (χ0) is 20.9. The Morgan fingerprint density at radius 3 is 2.62 bits per heavy atom. The van der Waals surface area contributed by atoms with E-state index in [-0.39, 0.29) is 35.0 Å². The van der Waals surface area contributed by atoms with Gasteiger partial charge in [-0.3, -0.25) is 9.59 Å². The molecule has 10 nitrogen and oxygen atoms in total. The summed E-state index contributed by atoms with van der Waals surface area (Å²) in [7, 11) is -3.62. The summed E-state index contributed by atoms with van der Waals surface area (Å²) >= 11 is 0. The molecule has 29 heavy (non-hydrogen) atoms. The molecular weight excluding hydrogens is 400 g/mol. The number of rotatable bonds is 6. The second-order valence-corrected chi connectivity index (χ2v) is 8.65. The number of anilines is 1. The van der Waals surface area contributed by atoms with Gasteiger partial charge in [0.05, 0.1) is 4.90 Å². The van der Waals surface area contributed by atoms with E-state index < -0.39 is 28.5 Å². The number of hydrazone groups is 1. The van der Waals surface area contributed by atoms with Crippen molar-refractivity contribution >= 4 is 39.2 Å². The van der Waals surface area contributed by atoms with Crippen molar-refractivity contribution in [3.8, 4) is 0 Å². The number of esters is 1. The van der Waals surface area contributed by atoms with Crippen LogP contribution in [0.3, 0.4) is 0 Å². The second kappa shape index (κ2) is 9.14. The number of carbonyl (C=O) groups is 3. The Kier molecular flexibility index (Phi) is 6.60. The van der Waals surface area contributed by atoms with Crippen LogP contribution in [0, 0.1) is 0 Å². The number of piperidine rings is 1. The predicted octanol–water partition coefficient (Wildman–Crippen LogP) is 0.609.